The maximum absolute atomic E-state index is 10.3. The van der Waals surface area contributed by atoms with Gasteiger partial charge < -0.3 is 10.4 Å². The molecule has 5 N–H and O–H groups in total. The molecule has 0 saturated heterocycles. The van der Waals surface area contributed by atoms with Crippen molar-refractivity contribution in [2.45, 2.75) is 32.3 Å². The van der Waals surface area contributed by atoms with Crippen molar-refractivity contribution < 1.29 is 5.11 Å². The minimum absolute atomic E-state index is 0.189. The molecule has 0 aliphatic carbocycles. The molecule has 0 radical (unpaired) electrons. The van der Waals surface area contributed by atoms with E-state index in [1.165, 1.54) is 17.3 Å². The highest BCUT2D eigenvalue weighted by molar-refractivity contribution is 5.37. The minimum atomic E-state index is -0.809. The molecular formula is C11H19N9O. The Morgan fingerprint density at radius 1 is 1.24 bits per heavy atom. The van der Waals surface area contributed by atoms with Crippen LogP contribution in [0.5, 0.6) is 0 Å². The maximum atomic E-state index is 10.3. The molecule has 0 fully saturated rings. The van der Waals surface area contributed by atoms with E-state index in [4.69, 9.17) is 5.84 Å². The third kappa shape index (κ3) is 3.61. The van der Waals surface area contributed by atoms with Crippen LogP contribution in [0.4, 0.5) is 11.9 Å². The summed E-state index contributed by atoms with van der Waals surface area (Å²) in [6.07, 6.45) is 4.09. The molecule has 0 saturated carbocycles. The normalized spacial score (nSPS) is 11.4. The van der Waals surface area contributed by atoms with Gasteiger partial charge in [0.2, 0.25) is 11.9 Å². The predicted octanol–water partition coefficient (Wildman–Crippen LogP) is -0.299. The molecule has 0 aliphatic rings. The highest BCUT2D eigenvalue weighted by atomic mass is 16.3. The fourth-order valence-electron chi connectivity index (χ4n) is 1.67. The first-order chi connectivity index (χ1) is 10.1. The molecular weight excluding hydrogens is 274 g/mol. The molecule has 2 heterocycles. The summed E-state index contributed by atoms with van der Waals surface area (Å²) in [4.78, 5) is 16.2. The van der Waals surface area contributed by atoms with Gasteiger partial charge in [0.15, 0.2) is 0 Å². The first-order valence-corrected chi connectivity index (χ1v) is 6.64. The Bertz CT molecular complexity index is 567. The largest absolute Gasteiger partial charge is 0.388 e. The summed E-state index contributed by atoms with van der Waals surface area (Å²) >= 11 is 0. The van der Waals surface area contributed by atoms with E-state index in [-0.39, 0.29) is 11.9 Å². The molecule has 0 unspecified atom stereocenters. The van der Waals surface area contributed by atoms with E-state index < -0.39 is 5.60 Å². The van der Waals surface area contributed by atoms with Crippen LogP contribution >= 0.6 is 0 Å². The predicted molar refractivity (Wildman–Crippen MR) is 76.6 cm³/mol. The molecule has 2 aromatic rings. The van der Waals surface area contributed by atoms with Gasteiger partial charge in [-0.2, -0.15) is 24.7 Å². The molecule has 0 bridgehead atoms. The topological polar surface area (TPSA) is 140 Å². The third-order valence-electron chi connectivity index (χ3n) is 3.27. The molecule has 0 atom stereocenters. The van der Waals surface area contributed by atoms with Crippen molar-refractivity contribution in [2.75, 3.05) is 17.3 Å². The van der Waals surface area contributed by atoms with E-state index in [2.05, 4.69) is 35.8 Å². The van der Waals surface area contributed by atoms with E-state index in [9.17, 15) is 5.11 Å². The number of nitrogens with one attached hydrogen (secondary N) is 2. The second kappa shape index (κ2) is 6.41. The van der Waals surface area contributed by atoms with E-state index in [0.29, 0.717) is 25.3 Å². The number of aromatic nitrogens is 6. The summed E-state index contributed by atoms with van der Waals surface area (Å²) in [5.74, 6) is 6.11. The monoisotopic (exact) mass is 293 g/mol. The lowest BCUT2D eigenvalue weighted by Gasteiger charge is -2.25. The number of hydrazine groups is 1. The molecule has 0 spiro atoms. The van der Waals surface area contributed by atoms with Crippen LogP contribution in [-0.4, -0.2) is 47.0 Å². The number of nitrogens with two attached hydrogens (primary N) is 1. The Balaban J connectivity index is 2.21. The van der Waals surface area contributed by atoms with Crippen molar-refractivity contribution in [3.63, 3.8) is 0 Å². The second-order valence-electron chi connectivity index (χ2n) is 4.55. The third-order valence-corrected chi connectivity index (χ3v) is 3.27. The summed E-state index contributed by atoms with van der Waals surface area (Å²) in [5.41, 5.74) is 1.56. The summed E-state index contributed by atoms with van der Waals surface area (Å²) in [6.45, 7) is 4.17. The van der Waals surface area contributed by atoms with Gasteiger partial charge in [-0.05, 0) is 12.8 Å². The number of nitrogens with zero attached hydrogens (tertiary/aromatic N) is 6. The van der Waals surface area contributed by atoms with Gasteiger partial charge in [0.25, 0.3) is 5.95 Å². The molecule has 21 heavy (non-hydrogen) atoms. The molecule has 2 rings (SSSR count). The number of aliphatic hydroxyl groups is 1. The lowest BCUT2D eigenvalue weighted by molar-refractivity contribution is 0.0455. The summed E-state index contributed by atoms with van der Waals surface area (Å²) < 4.78 is 1.39. The minimum Gasteiger partial charge on any atom is -0.388 e. The first-order valence-electron chi connectivity index (χ1n) is 6.64. The number of rotatable bonds is 7. The molecule has 0 aromatic carbocycles. The number of anilines is 2. The Morgan fingerprint density at radius 3 is 2.52 bits per heavy atom. The first kappa shape index (κ1) is 15.1. The fourth-order valence-corrected chi connectivity index (χ4v) is 1.67. The van der Waals surface area contributed by atoms with Crippen LogP contribution in [0, 0.1) is 0 Å². The van der Waals surface area contributed by atoms with Crippen molar-refractivity contribution in [2.24, 2.45) is 5.84 Å². The van der Waals surface area contributed by atoms with Crippen LogP contribution in [0.1, 0.15) is 26.7 Å². The van der Waals surface area contributed by atoms with E-state index in [1.54, 1.807) is 0 Å². The maximum Gasteiger partial charge on any atom is 0.258 e. The van der Waals surface area contributed by atoms with Crippen molar-refractivity contribution in [3.05, 3.63) is 12.7 Å². The Morgan fingerprint density at radius 2 is 1.95 bits per heavy atom. The van der Waals surface area contributed by atoms with Crippen LogP contribution in [0.25, 0.3) is 5.95 Å². The average molecular weight is 293 g/mol. The highest BCUT2D eigenvalue weighted by Crippen LogP contribution is 2.15. The van der Waals surface area contributed by atoms with Crippen LogP contribution in [-0.2, 0) is 0 Å². The van der Waals surface area contributed by atoms with Crippen LogP contribution < -0.4 is 16.6 Å². The Hall–Kier alpha value is -2.33. The Labute approximate surface area is 121 Å². The van der Waals surface area contributed by atoms with Crippen molar-refractivity contribution in [1.82, 2.24) is 29.7 Å². The van der Waals surface area contributed by atoms with Gasteiger partial charge in [0.1, 0.15) is 12.7 Å². The molecule has 2 aromatic heterocycles. The summed E-state index contributed by atoms with van der Waals surface area (Å²) in [7, 11) is 0. The SMILES string of the molecule is CCC(O)(CC)CNc1nc(NN)nc(-n2cncn2)n1. The average Bonchev–Trinajstić information content (AvgIpc) is 3.06. The van der Waals surface area contributed by atoms with E-state index in [0.717, 1.165) is 0 Å². The second-order valence-corrected chi connectivity index (χ2v) is 4.55. The lowest BCUT2D eigenvalue weighted by atomic mass is 9.98. The smallest absolute Gasteiger partial charge is 0.258 e. The molecule has 10 heteroatoms. The number of hydrogen-bond acceptors (Lipinski definition) is 9. The summed E-state index contributed by atoms with van der Waals surface area (Å²) in [6, 6.07) is 0. The van der Waals surface area contributed by atoms with Gasteiger partial charge in [-0.15, -0.1) is 0 Å². The standard InChI is InChI=1S/C11H19N9O/c1-3-11(21,4-2)5-14-8-16-9(19-12)18-10(17-8)20-7-13-6-15-20/h6-7,21H,3-5,12H2,1-2H3,(H2,14,16,17,18,19). The van der Waals surface area contributed by atoms with Gasteiger partial charge in [-0.1, -0.05) is 13.8 Å². The van der Waals surface area contributed by atoms with Gasteiger partial charge in [-0.3, -0.25) is 5.43 Å². The van der Waals surface area contributed by atoms with Crippen molar-refractivity contribution in [3.8, 4) is 5.95 Å². The van der Waals surface area contributed by atoms with Crippen LogP contribution in [0.2, 0.25) is 0 Å². The van der Waals surface area contributed by atoms with Crippen LogP contribution in [0.3, 0.4) is 0 Å². The molecule has 114 valence electrons. The number of nitrogen functional groups attached to an aromatic ring is 1. The van der Waals surface area contributed by atoms with Gasteiger partial charge in [0, 0.05) is 6.54 Å². The van der Waals surface area contributed by atoms with E-state index >= 15 is 0 Å². The van der Waals surface area contributed by atoms with E-state index in [1.807, 2.05) is 13.8 Å². The van der Waals surface area contributed by atoms with Crippen molar-refractivity contribution in [1.29, 1.82) is 0 Å². The summed E-state index contributed by atoms with van der Waals surface area (Å²) in [5, 5.41) is 17.2. The van der Waals surface area contributed by atoms with Gasteiger partial charge in [0.05, 0.1) is 5.60 Å². The zero-order valence-electron chi connectivity index (χ0n) is 12.0. The zero-order valence-corrected chi connectivity index (χ0v) is 12.0. The number of hydrogen-bond donors (Lipinski definition) is 4. The molecule has 0 aliphatic heterocycles. The highest BCUT2D eigenvalue weighted by Gasteiger charge is 2.22. The molecule has 0 amide bonds. The van der Waals surface area contributed by atoms with Gasteiger partial charge >= 0.3 is 0 Å². The molecule has 10 nitrogen and oxygen atoms in total. The lowest BCUT2D eigenvalue weighted by Crippen LogP contribution is -2.36. The quantitative estimate of drug-likeness (QED) is 0.400. The zero-order chi connectivity index (χ0) is 15.3. The van der Waals surface area contributed by atoms with Crippen molar-refractivity contribution >= 4 is 11.9 Å². The van der Waals surface area contributed by atoms with Gasteiger partial charge in [-0.25, -0.2) is 10.8 Å². The van der Waals surface area contributed by atoms with Crippen LogP contribution in [0.15, 0.2) is 12.7 Å². The fraction of sp³-hybridized carbons (Fsp3) is 0.545. The Kier molecular flexibility index (Phi) is 4.60.